The highest BCUT2D eigenvalue weighted by Crippen LogP contribution is 2.43. The molecule has 0 aliphatic rings. The van der Waals surface area contributed by atoms with Crippen molar-refractivity contribution in [1.29, 1.82) is 0 Å². The molecule has 3 unspecified atom stereocenters. The van der Waals surface area contributed by atoms with Gasteiger partial charge in [0.15, 0.2) is 0 Å². The van der Waals surface area contributed by atoms with Crippen LogP contribution in [0.3, 0.4) is 0 Å². The highest BCUT2D eigenvalue weighted by molar-refractivity contribution is 7.47. The predicted molar refractivity (Wildman–Crippen MR) is 337 cm³/mol. The molecule has 0 spiro atoms. The lowest BCUT2D eigenvalue weighted by molar-refractivity contribution is -0.870. The van der Waals surface area contributed by atoms with Crippen LogP contribution in [0, 0.1) is 0 Å². The second-order valence-corrected chi connectivity index (χ2v) is 25.1. The number of carbonyl (C=O) groups is 2. The highest BCUT2D eigenvalue weighted by Gasteiger charge is 2.30. The van der Waals surface area contributed by atoms with Crippen molar-refractivity contribution >= 4 is 19.7 Å². The third-order valence-corrected chi connectivity index (χ3v) is 15.7. The van der Waals surface area contributed by atoms with Gasteiger partial charge in [0.2, 0.25) is 5.91 Å². The van der Waals surface area contributed by atoms with Crippen molar-refractivity contribution in [3.8, 4) is 0 Å². The van der Waals surface area contributed by atoms with Gasteiger partial charge in [-0.15, -0.1) is 0 Å². The second kappa shape index (κ2) is 57.9. The average molecular weight is 1120 g/mol. The van der Waals surface area contributed by atoms with Gasteiger partial charge in [-0.2, -0.15) is 0 Å². The Kier molecular flexibility index (Phi) is 56.2. The normalized spacial score (nSPS) is 14.0. The summed E-state index contributed by atoms with van der Waals surface area (Å²) in [5.41, 5.74) is 0. The highest BCUT2D eigenvalue weighted by atomic mass is 31.2. The summed E-state index contributed by atoms with van der Waals surface area (Å²) in [5.74, 6) is -0.501. The van der Waals surface area contributed by atoms with Gasteiger partial charge in [-0.1, -0.05) is 281 Å². The number of carbonyl (C=O) groups excluding carboxylic acids is 2. The zero-order valence-corrected chi connectivity index (χ0v) is 53.1. The number of nitrogens with one attached hydrogen (secondary N) is 1. The van der Waals surface area contributed by atoms with E-state index in [1.165, 1.54) is 186 Å². The maximum absolute atomic E-state index is 13.6. The van der Waals surface area contributed by atoms with E-state index in [4.69, 9.17) is 13.8 Å². The van der Waals surface area contributed by atoms with Gasteiger partial charge < -0.3 is 19.4 Å². The number of allylic oxidation sites excluding steroid dienone is 9. The number of hydrogen-bond donors (Lipinski definition) is 2. The van der Waals surface area contributed by atoms with E-state index in [2.05, 4.69) is 74.7 Å². The molecule has 456 valence electrons. The monoisotopic (exact) mass is 1120 g/mol. The van der Waals surface area contributed by atoms with E-state index >= 15 is 0 Å². The lowest BCUT2D eigenvalue weighted by Gasteiger charge is -2.27. The molecule has 1 amide bonds. The number of quaternary nitrogens is 1. The Hall–Kier alpha value is -2.29. The first-order chi connectivity index (χ1) is 37.9. The van der Waals surface area contributed by atoms with E-state index < -0.39 is 20.0 Å². The quantitative estimate of drug-likeness (QED) is 0.0205. The Balaban J connectivity index is 5.12. The molecule has 9 nitrogen and oxygen atoms in total. The number of ether oxygens (including phenoxy) is 1. The smallest absolute Gasteiger partial charge is 0.456 e. The number of likely N-dealkylation sites (N-methyl/N-ethyl adjacent to an activating group) is 1. The van der Waals surface area contributed by atoms with Crippen molar-refractivity contribution in [3.63, 3.8) is 0 Å². The van der Waals surface area contributed by atoms with Crippen molar-refractivity contribution in [2.75, 3.05) is 40.9 Å². The van der Waals surface area contributed by atoms with E-state index in [-0.39, 0.29) is 25.1 Å². The predicted octanol–water partition coefficient (Wildman–Crippen LogP) is 20.6. The number of nitrogens with zero attached hydrogens (tertiary/aromatic N) is 1. The molecule has 2 N–H and O–H groups in total. The molecule has 0 aromatic carbocycles. The van der Waals surface area contributed by atoms with Crippen LogP contribution in [0.25, 0.3) is 0 Å². The van der Waals surface area contributed by atoms with Gasteiger partial charge in [-0.25, -0.2) is 4.57 Å². The van der Waals surface area contributed by atoms with E-state index in [0.717, 1.165) is 89.9 Å². The lowest BCUT2D eigenvalue weighted by atomic mass is 10.0. The molecule has 0 rings (SSSR count). The van der Waals surface area contributed by atoms with Gasteiger partial charge in [0.05, 0.1) is 33.8 Å². The molecule has 0 saturated heterocycles. The zero-order valence-electron chi connectivity index (χ0n) is 52.2. The van der Waals surface area contributed by atoms with Crippen LogP contribution in [0.5, 0.6) is 0 Å². The van der Waals surface area contributed by atoms with Crippen LogP contribution < -0.4 is 5.32 Å². The van der Waals surface area contributed by atoms with E-state index in [1.807, 2.05) is 33.3 Å². The Morgan fingerprint density at radius 3 is 1.19 bits per heavy atom. The Morgan fingerprint density at radius 2 is 0.782 bits per heavy atom. The van der Waals surface area contributed by atoms with Crippen molar-refractivity contribution in [3.05, 3.63) is 60.8 Å². The first-order valence-corrected chi connectivity index (χ1v) is 34.6. The topological polar surface area (TPSA) is 111 Å². The number of phosphoric acid groups is 1. The molecule has 78 heavy (non-hydrogen) atoms. The minimum Gasteiger partial charge on any atom is -0.456 e. The third kappa shape index (κ3) is 58.4. The van der Waals surface area contributed by atoms with Crippen molar-refractivity contribution < 1.29 is 37.3 Å². The van der Waals surface area contributed by atoms with Crippen LogP contribution >= 0.6 is 7.82 Å². The largest absolute Gasteiger partial charge is 0.472 e. The van der Waals surface area contributed by atoms with Gasteiger partial charge >= 0.3 is 13.8 Å². The minimum atomic E-state index is -4.45. The summed E-state index contributed by atoms with van der Waals surface area (Å²) >= 11 is 0. The molecule has 0 aromatic rings. The fourth-order valence-corrected chi connectivity index (χ4v) is 10.3. The van der Waals surface area contributed by atoms with Crippen LogP contribution in [0.2, 0.25) is 0 Å². The van der Waals surface area contributed by atoms with Gasteiger partial charge in [0.25, 0.3) is 0 Å². The molecule has 0 saturated carbocycles. The van der Waals surface area contributed by atoms with Gasteiger partial charge in [0, 0.05) is 12.8 Å². The van der Waals surface area contributed by atoms with Crippen molar-refractivity contribution in [2.45, 2.75) is 322 Å². The summed E-state index contributed by atoms with van der Waals surface area (Å²) in [5, 5.41) is 3.06. The zero-order chi connectivity index (χ0) is 57.2. The van der Waals surface area contributed by atoms with Crippen LogP contribution in [0.15, 0.2) is 60.8 Å². The Bertz CT molecular complexity index is 1520. The fraction of sp³-hybridized carbons (Fsp3) is 0.824. The molecular formula is C68H128N2O7P+. The first kappa shape index (κ1) is 75.7. The summed E-state index contributed by atoms with van der Waals surface area (Å²) in [4.78, 5) is 37.8. The second-order valence-electron chi connectivity index (χ2n) is 23.6. The van der Waals surface area contributed by atoms with Crippen LogP contribution in [-0.4, -0.2) is 74.3 Å². The molecule has 0 aliphatic carbocycles. The van der Waals surface area contributed by atoms with Crippen LogP contribution in [0.4, 0.5) is 0 Å². The van der Waals surface area contributed by atoms with Crippen LogP contribution in [-0.2, 0) is 27.9 Å². The van der Waals surface area contributed by atoms with Crippen molar-refractivity contribution in [1.82, 2.24) is 5.32 Å². The molecule has 0 heterocycles. The molecular weight excluding hydrogens is 988 g/mol. The third-order valence-electron chi connectivity index (χ3n) is 14.7. The standard InChI is InChI=1S/C68H127N2O7P/c1-7-10-13-16-19-22-25-28-30-31-32-33-34-35-36-37-38-39-41-42-45-48-51-54-57-60-67(71)69-65(64-76-78(73,74)75-63-62-70(4,5)6)66(59-56-53-50-47-44-27-24-21-18-15-12-9-3)77-68(72)61-58-55-52-49-46-43-40-29-26-23-20-17-14-11-8-2/h19,22,28,30,32-33,35-36,56,59,65-66H,7-18,20-21,23-27,29,31,34,37-55,57-58,60-64H2,1-6H3,(H-,69,71,73,74)/p+1/b22-19-,30-28-,33-32-,36-35-,59-56-. The summed E-state index contributed by atoms with van der Waals surface area (Å²) in [7, 11) is 1.50. The number of hydrogen-bond acceptors (Lipinski definition) is 6. The SMILES string of the molecule is CCCCC/C=C\C/C=C\C/C=C\C/C=C\CCCCCCCCCCCC(=O)NC(COP(=O)(O)OCC[N+](C)(C)C)C(/C=C\CCCCCCCCCCCC)OC(=O)CCCCCCCCCCCCCCCCC. The molecule has 0 aliphatic heterocycles. The lowest BCUT2D eigenvalue weighted by Crippen LogP contribution is -2.47. The van der Waals surface area contributed by atoms with Crippen molar-refractivity contribution in [2.24, 2.45) is 0 Å². The number of rotatable bonds is 60. The number of esters is 1. The maximum atomic E-state index is 13.6. The molecule has 0 bridgehead atoms. The molecule has 3 atom stereocenters. The van der Waals surface area contributed by atoms with Gasteiger partial charge in [0.1, 0.15) is 19.3 Å². The Morgan fingerprint density at radius 1 is 0.449 bits per heavy atom. The minimum absolute atomic E-state index is 0.0392. The number of unbranched alkanes of at least 4 members (excludes halogenated alkanes) is 36. The summed E-state index contributed by atoms with van der Waals surface area (Å²) < 4.78 is 30.7. The molecule has 0 aromatic heterocycles. The molecule has 0 radical (unpaired) electrons. The molecule has 10 heteroatoms. The van der Waals surface area contributed by atoms with Gasteiger partial charge in [-0.05, 0) is 76.7 Å². The summed E-state index contributed by atoms with van der Waals surface area (Å²) in [6, 6.07) is -0.851. The maximum Gasteiger partial charge on any atom is 0.472 e. The van der Waals surface area contributed by atoms with E-state index in [9.17, 15) is 19.0 Å². The summed E-state index contributed by atoms with van der Waals surface area (Å²) in [6.07, 6.45) is 73.6. The molecule has 0 fully saturated rings. The number of amides is 1. The summed E-state index contributed by atoms with van der Waals surface area (Å²) in [6.45, 7) is 7.01. The number of phosphoric ester groups is 1. The average Bonchev–Trinajstić information content (AvgIpc) is 3.40. The van der Waals surface area contributed by atoms with Gasteiger partial charge in [-0.3, -0.25) is 18.6 Å². The Labute approximate surface area is 483 Å². The fourth-order valence-electron chi connectivity index (χ4n) is 9.57. The first-order valence-electron chi connectivity index (χ1n) is 33.1. The van der Waals surface area contributed by atoms with E-state index in [0.29, 0.717) is 23.9 Å². The van der Waals surface area contributed by atoms with Crippen LogP contribution in [0.1, 0.15) is 310 Å². The van der Waals surface area contributed by atoms with E-state index in [1.54, 1.807) is 0 Å².